The van der Waals surface area contributed by atoms with Crippen LogP contribution in [0.1, 0.15) is 76.3 Å². The second-order valence-corrected chi connectivity index (χ2v) is 12.3. The molecule has 0 aromatic heterocycles. The van der Waals surface area contributed by atoms with E-state index in [9.17, 15) is 19.5 Å². The Morgan fingerprint density at radius 1 is 0.909 bits per heavy atom. The minimum absolute atomic E-state index is 0.0797. The highest BCUT2D eigenvalue weighted by molar-refractivity contribution is 5.93. The van der Waals surface area contributed by atoms with Crippen molar-refractivity contribution in [3.63, 3.8) is 0 Å². The average Bonchev–Trinajstić information content (AvgIpc) is 2.98. The molecule has 0 aliphatic rings. The molecular weight excluding hydrogens is 554 g/mol. The van der Waals surface area contributed by atoms with Crippen molar-refractivity contribution in [3.8, 4) is 18.1 Å². The number of terminal acetylenes is 1. The van der Waals surface area contributed by atoms with Gasteiger partial charge in [-0.25, -0.2) is 4.79 Å². The van der Waals surface area contributed by atoms with Crippen LogP contribution in [0.3, 0.4) is 0 Å². The average molecular weight is 598 g/mol. The van der Waals surface area contributed by atoms with E-state index in [0.29, 0.717) is 23.1 Å². The van der Waals surface area contributed by atoms with Crippen molar-refractivity contribution in [2.75, 3.05) is 0 Å². The van der Waals surface area contributed by atoms with Crippen LogP contribution in [-0.4, -0.2) is 45.1 Å². The summed E-state index contributed by atoms with van der Waals surface area (Å²) in [5.74, 6) is 1.83. The van der Waals surface area contributed by atoms with Gasteiger partial charge in [-0.1, -0.05) is 67.4 Å². The zero-order valence-corrected chi connectivity index (χ0v) is 26.4. The van der Waals surface area contributed by atoms with Crippen LogP contribution in [0.2, 0.25) is 0 Å². The van der Waals surface area contributed by atoms with E-state index in [0.717, 1.165) is 5.56 Å². The molecule has 0 bridgehead atoms. The van der Waals surface area contributed by atoms with E-state index < -0.39 is 35.2 Å². The number of phenolic OH excluding ortho intramolecular Hbond substituents is 1. The van der Waals surface area contributed by atoms with Crippen LogP contribution in [0.5, 0.6) is 5.75 Å². The lowest BCUT2D eigenvalue weighted by Crippen LogP contribution is -2.59. The monoisotopic (exact) mass is 597 g/mol. The zero-order chi connectivity index (χ0) is 32.5. The maximum atomic E-state index is 14.7. The summed E-state index contributed by atoms with van der Waals surface area (Å²) >= 11 is 0. The zero-order valence-electron chi connectivity index (χ0n) is 26.4. The van der Waals surface area contributed by atoms with Crippen LogP contribution in [0.4, 0.5) is 4.79 Å². The number of hydrogen-bond donors (Lipinski definition) is 3. The van der Waals surface area contributed by atoms with Crippen molar-refractivity contribution < 1.29 is 24.2 Å². The van der Waals surface area contributed by atoms with Crippen molar-refractivity contribution in [1.82, 2.24) is 15.5 Å². The van der Waals surface area contributed by atoms with Crippen molar-refractivity contribution in [2.45, 2.75) is 84.2 Å². The number of carbonyl (C=O) groups is 3. The minimum atomic E-state index is -1.09. The molecule has 3 rings (SSSR count). The number of phenols is 1. The SMILES string of the molecule is C#Cc1ccc(C(C(=O)NCc2ccccc2)N(C(=O)C(Cc2ccc(O)cc2)NC(=O)OC(C)(C)C)C(C)(C)CC)cc1. The molecule has 3 amide bonds. The molecule has 232 valence electrons. The van der Waals surface area contributed by atoms with Crippen molar-refractivity contribution >= 4 is 17.9 Å². The third-order valence-electron chi connectivity index (χ3n) is 7.33. The van der Waals surface area contributed by atoms with E-state index in [1.165, 1.54) is 12.1 Å². The quantitative estimate of drug-likeness (QED) is 0.239. The fourth-order valence-electron chi connectivity index (χ4n) is 4.69. The number of rotatable bonds is 11. The molecular formula is C36H43N3O5. The summed E-state index contributed by atoms with van der Waals surface area (Å²) in [6.45, 7) is 11.2. The predicted molar refractivity (Wildman–Crippen MR) is 172 cm³/mol. The van der Waals surface area contributed by atoms with Gasteiger partial charge in [0.2, 0.25) is 11.8 Å². The molecule has 3 aromatic rings. The summed E-state index contributed by atoms with van der Waals surface area (Å²) in [6, 6.07) is 20.8. The van der Waals surface area contributed by atoms with E-state index in [2.05, 4.69) is 16.6 Å². The van der Waals surface area contributed by atoms with Gasteiger partial charge >= 0.3 is 6.09 Å². The first kappa shape index (κ1) is 33.7. The highest BCUT2D eigenvalue weighted by Crippen LogP contribution is 2.33. The molecule has 2 unspecified atom stereocenters. The number of aromatic hydroxyl groups is 1. The molecule has 44 heavy (non-hydrogen) atoms. The van der Waals surface area contributed by atoms with Crippen LogP contribution in [0, 0.1) is 12.3 Å². The number of nitrogens with one attached hydrogen (secondary N) is 2. The van der Waals surface area contributed by atoms with Gasteiger partial charge in [0, 0.05) is 24.1 Å². The Bertz CT molecular complexity index is 1450. The number of benzene rings is 3. The van der Waals surface area contributed by atoms with Crippen LogP contribution in [-0.2, 0) is 27.3 Å². The van der Waals surface area contributed by atoms with Gasteiger partial charge in [-0.2, -0.15) is 0 Å². The molecule has 0 radical (unpaired) electrons. The van der Waals surface area contributed by atoms with Gasteiger partial charge in [0.15, 0.2) is 0 Å². The van der Waals surface area contributed by atoms with E-state index in [1.807, 2.05) is 51.1 Å². The van der Waals surface area contributed by atoms with Gasteiger partial charge in [0.1, 0.15) is 23.4 Å². The molecule has 3 N–H and O–H groups in total. The Hall–Kier alpha value is -4.77. The fraction of sp³-hybridized carbons (Fsp3) is 0.361. The molecule has 0 saturated heterocycles. The molecule has 0 aliphatic carbocycles. The fourth-order valence-corrected chi connectivity index (χ4v) is 4.69. The molecule has 3 aromatic carbocycles. The van der Waals surface area contributed by atoms with Crippen molar-refractivity contribution in [1.29, 1.82) is 0 Å². The lowest BCUT2D eigenvalue weighted by atomic mass is 9.91. The lowest BCUT2D eigenvalue weighted by molar-refractivity contribution is -0.149. The molecule has 0 spiro atoms. The molecule has 8 nitrogen and oxygen atoms in total. The summed E-state index contributed by atoms with van der Waals surface area (Å²) in [5, 5.41) is 15.6. The van der Waals surface area contributed by atoms with E-state index in [-0.39, 0.29) is 24.6 Å². The second kappa shape index (κ2) is 14.6. The smallest absolute Gasteiger partial charge is 0.408 e. The number of hydrogen-bond acceptors (Lipinski definition) is 5. The van der Waals surface area contributed by atoms with Gasteiger partial charge in [0.05, 0.1) is 0 Å². The van der Waals surface area contributed by atoms with Gasteiger partial charge in [0.25, 0.3) is 0 Å². The number of ether oxygens (including phenoxy) is 1. The van der Waals surface area contributed by atoms with Gasteiger partial charge < -0.3 is 25.4 Å². The van der Waals surface area contributed by atoms with Crippen LogP contribution in [0.15, 0.2) is 78.9 Å². The summed E-state index contributed by atoms with van der Waals surface area (Å²) in [6.07, 6.45) is 5.46. The maximum Gasteiger partial charge on any atom is 0.408 e. The molecule has 8 heteroatoms. The second-order valence-electron chi connectivity index (χ2n) is 12.3. The van der Waals surface area contributed by atoms with E-state index in [1.54, 1.807) is 62.1 Å². The highest BCUT2D eigenvalue weighted by atomic mass is 16.6. The molecule has 0 heterocycles. The number of nitrogens with zero attached hydrogens (tertiary/aromatic N) is 1. The third kappa shape index (κ3) is 9.37. The maximum absolute atomic E-state index is 14.7. The van der Waals surface area contributed by atoms with Crippen molar-refractivity contribution in [2.24, 2.45) is 0 Å². The van der Waals surface area contributed by atoms with Crippen LogP contribution >= 0.6 is 0 Å². The Kier molecular flexibility index (Phi) is 11.2. The topological polar surface area (TPSA) is 108 Å². The van der Waals surface area contributed by atoms with E-state index >= 15 is 0 Å². The first-order valence-electron chi connectivity index (χ1n) is 14.7. The van der Waals surface area contributed by atoms with Gasteiger partial charge in [-0.05, 0) is 82.0 Å². The lowest BCUT2D eigenvalue weighted by Gasteiger charge is -2.44. The molecule has 0 aliphatic heterocycles. The Labute approximate surface area is 260 Å². The largest absolute Gasteiger partial charge is 0.508 e. The van der Waals surface area contributed by atoms with Crippen LogP contribution < -0.4 is 10.6 Å². The number of alkyl carbamates (subject to hydrolysis) is 1. The van der Waals surface area contributed by atoms with Crippen molar-refractivity contribution in [3.05, 3.63) is 101 Å². The van der Waals surface area contributed by atoms with Crippen LogP contribution in [0.25, 0.3) is 0 Å². The molecule has 0 saturated carbocycles. The third-order valence-corrected chi connectivity index (χ3v) is 7.33. The predicted octanol–water partition coefficient (Wildman–Crippen LogP) is 5.88. The van der Waals surface area contributed by atoms with Gasteiger partial charge in [-0.3, -0.25) is 9.59 Å². The standard InChI is InChI=1S/C36H43N3O5/c1-8-25-15-19-28(20-16-25)31(32(41)37-24-27-13-11-10-12-14-27)39(36(6,7)9-2)33(42)30(38-34(43)44-35(3,4)5)23-26-17-21-29(40)22-18-26/h1,10-22,30-31,40H,9,23-24H2,2-7H3,(H,37,41)(H,38,43). The normalized spacial score (nSPS) is 12.8. The first-order valence-corrected chi connectivity index (χ1v) is 14.7. The van der Waals surface area contributed by atoms with Gasteiger partial charge in [-0.15, -0.1) is 6.42 Å². The summed E-state index contributed by atoms with van der Waals surface area (Å²) in [5.41, 5.74) is 1.21. The summed E-state index contributed by atoms with van der Waals surface area (Å²) < 4.78 is 5.51. The Balaban J connectivity index is 2.10. The first-order chi connectivity index (χ1) is 20.7. The Morgan fingerprint density at radius 3 is 2.07 bits per heavy atom. The number of carbonyl (C=O) groups excluding carboxylic acids is 3. The number of amides is 3. The van der Waals surface area contributed by atoms with E-state index in [4.69, 9.17) is 11.2 Å². The molecule has 0 fully saturated rings. The summed E-state index contributed by atoms with van der Waals surface area (Å²) in [7, 11) is 0. The highest BCUT2D eigenvalue weighted by Gasteiger charge is 2.43. The molecule has 2 atom stereocenters. The Morgan fingerprint density at radius 2 is 1.52 bits per heavy atom. The summed E-state index contributed by atoms with van der Waals surface area (Å²) in [4.78, 5) is 43.4. The minimum Gasteiger partial charge on any atom is -0.508 e.